The van der Waals surface area contributed by atoms with Gasteiger partial charge in [0.15, 0.2) is 5.82 Å². The van der Waals surface area contributed by atoms with E-state index < -0.39 is 0 Å². The highest BCUT2D eigenvalue weighted by molar-refractivity contribution is 5.57. The molecule has 3 rings (SSSR count). The highest BCUT2D eigenvalue weighted by Gasteiger charge is 2.32. The van der Waals surface area contributed by atoms with E-state index in [1.54, 1.807) is 0 Å². The van der Waals surface area contributed by atoms with E-state index in [1.165, 1.54) is 12.8 Å². The molecule has 0 bridgehead atoms. The number of nitrogens with zero attached hydrogens (tertiary/aromatic N) is 3. The van der Waals surface area contributed by atoms with E-state index in [1.807, 2.05) is 18.2 Å². The van der Waals surface area contributed by atoms with Crippen LogP contribution < -0.4 is 10.6 Å². The van der Waals surface area contributed by atoms with Crippen molar-refractivity contribution in [2.75, 3.05) is 11.4 Å². The summed E-state index contributed by atoms with van der Waals surface area (Å²) in [6.45, 7) is 6.10. The lowest BCUT2D eigenvalue weighted by Gasteiger charge is -2.25. The molecule has 4 heteroatoms. The van der Waals surface area contributed by atoms with Crippen LogP contribution in [0.1, 0.15) is 32.4 Å². The molecule has 1 aliphatic rings. The van der Waals surface area contributed by atoms with E-state index in [0.717, 1.165) is 23.7 Å². The van der Waals surface area contributed by atoms with Crippen LogP contribution in [0.25, 0.3) is 5.65 Å². The molecule has 2 aromatic heterocycles. The smallest absolute Gasteiger partial charge is 0.152 e. The lowest BCUT2D eigenvalue weighted by atomic mass is 10.2. The van der Waals surface area contributed by atoms with Gasteiger partial charge in [-0.25, -0.2) is 4.98 Å². The van der Waals surface area contributed by atoms with E-state index in [4.69, 9.17) is 10.7 Å². The van der Waals surface area contributed by atoms with Gasteiger partial charge in [-0.2, -0.15) is 0 Å². The number of hydrogen-bond donors (Lipinski definition) is 1. The van der Waals surface area contributed by atoms with Gasteiger partial charge in [-0.15, -0.1) is 0 Å². The van der Waals surface area contributed by atoms with Crippen LogP contribution in [0.15, 0.2) is 24.4 Å². The Labute approximate surface area is 114 Å². The minimum absolute atomic E-state index is 0.530. The summed E-state index contributed by atoms with van der Waals surface area (Å²) in [7, 11) is 0. The molecule has 2 heterocycles. The molecule has 0 unspecified atom stereocenters. The normalized spacial score (nSPS) is 15.4. The van der Waals surface area contributed by atoms with Gasteiger partial charge in [0, 0.05) is 25.3 Å². The summed E-state index contributed by atoms with van der Waals surface area (Å²) in [4.78, 5) is 7.27. The second-order valence-electron chi connectivity index (χ2n) is 5.79. The molecule has 0 atom stereocenters. The minimum atomic E-state index is 0.530. The zero-order chi connectivity index (χ0) is 13.4. The second-order valence-corrected chi connectivity index (χ2v) is 5.79. The van der Waals surface area contributed by atoms with Crippen molar-refractivity contribution < 1.29 is 0 Å². The van der Waals surface area contributed by atoms with E-state index in [2.05, 4.69) is 29.3 Å². The van der Waals surface area contributed by atoms with Crippen LogP contribution in [0.5, 0.6) is 0 Å². The van der Waals surface area contributed by atoms with Crippen LogP contribution in [0, 0.1) is 5.92 Å². The van der Waals surface area contributed by atoms with Crippen molar-refractivity contribution >= 4 is 11.5 Å². The first-order chi connectivity index (χ1) is 9.20. The highest BCUT2D eigenvalue weighted by Crippen LogP contribution is 2.34. The van der Waals surface area contributed by atoms with Crippen molar-refractivity contribution in [3.63, 3.8) is 0 Å². The fourth-order valence-corrected chi connectivity index (χ4v) is 2.64. The van der Waals surface area contributed by atoms with Crippen LogP contribution in [-0.4, -0.2) is 22.0 Å². The number of nitrogens with two attached hydrogens (primary N) is 1. The average Bonchev–Trinajstić information content (AvgIpc) is 3.16. The Hall–Kier alpha value is -1.55. The maximum absolute atomic E-state index is 5.96. The Bertz CT molecular complexity index is 569. The maximum atomic E-state index is 5.96. The van der Waals surface area contributed by atoms with Crippen molar-refractivity contribution in [1.82, 2.24) is 9.38 Å². The summed E-state index contributed by atoms with van der Waals surface area (Å²) in [5.41, 5.74) is 8.08. The summed E-state index contributed by atoms with van der Waals surface area (Å²) < 4.78 is 2.12. The summed E-state index contributed by atoms with van der Waals surface area (Å²) in [5.74, 6) is 1.72. The van der Waals surface area contributed by atoms with Crippen LogP contribution in [-0.2, 0) is 6.54 Å². The van der Waals surface area contributed by atoms with Crippen LogP contribution >= 0.6 is 0 Å². The van der Waals surface area contributed by atoms with Crippen molar-refractivity contribution in [3.05, 3.63) is 30.1 Å². The predicted octanol–water partition coefficient (Wildman–Crippen LogP) is 2.42. The monoisotopic (exact) mass is 258 g/mol. The molecule has 1 fully saturated rings. The van der Waals surface area contributed by atoms with Crippen LogP contribution in [0.2, 0.25) is 0 Å². The van der Waals surface area contributed by atoms with Gasteiger partial charge in [0.25, 0.3) is 0 Å². The molecule has 2 N–H and O–H groups in total. The number of imidazole rings is 1. The first-order valence-electron chi connectivity index (χ1n) is 7.13. The van der Waals surface area contributed by atoms with Gasteiger partial charge >= 0.3 is 0 Å². The van der Waals surface area contributed by atoms with Crippen LogP contribution in [0.3, 0.4) is 0 Å². The zero-order valence-corrected chi connectivity index (χ0v) is 11.7. The van der Waals surface area contributed by atoms with Gasteiger partial charge in [0.2, 0.25) is 0 Å². The van der Waals surface area contributed by atoms with Gasteiger partial charge in [-0.3, -0.25) is 0 Å². The summed E-state index contributed by atoms with van der Waals surface area (Å²) in [5, 5.41) is 0. The zero-order valence-electron chi connectivity index (χ0n) is 11.7. The number of anilines is 1. The highest BCUT2D eigenvalue weighted by atomic mass is 15.3. The Kier molecular flexibility index (Phi) is 3.19. The minimum Gasteiger partial charge on any atom is -0.352 e. The fourth-order valence-electron chi connectivity index (χ4n) is 2.64. The third-order valence-electron chi connectivity index (χ3n) is 3.62. The summed E-state index contributed by atoms with van der Waals surface area (Å²) in [6.07, 6.45) is 4.61. The Balaban J connectivity index is 2.06. The predicted molar refractivity (Wildman–Crippen MR) is 78.3 cm³/mol. The van der Waals surface area contributed by atoms with Gasteiger partial charge < -0.3 is 15.0 Å². The molecule has 2 aromatic rings. The third kappa shape index (κ3) is 2.32. The standard InChI is InChI=1S/C15H22N4/c1-11(2)10-19(12-6-7-12)15-13(9-16)18-8-4-3-5-14(18)17-15/h3-5,8,11-12H,6-7,9-10,16H2,1-2H3. The number of hydrogen-bond acceptors (Lipinski definition) is 3. The summed E-state index contributed by atoms with van der Waals surface area (Å²) in [6, 6.07) is 6.76. The fraction of sp³-hybridized carbons (Fsp3) is 0.533. The lowest BCUT2D eigenvalue weighted by Crippen LogP contribution is -2.31. The first kappa shape index (κ1) is 12.5. The molecule has 19 heavy (non-hydrogen) atoms. The van der Waals surface area contributed by atoms with E-state index in [-0.39, 0.29) is 0 Å². The molecule has 0 saturated heterocycles. The number of fused-ring (bicyclic) bond motifs is 1. The molecule has 0 aliphatic heterocycles. The Morgan fingerprint density at radius 2 is 2.21 bits per heavy atom. The van der Waals surface area contributed by atoms with Gasteiger partial charge in [0.1, 0.15) is 5.65 Å². The van der Waals surface area contributed by atoms with E-state index in [9.17, 15) is 0 Å². The largest absolute Gasteiger partial charge is 0.352 e. The molecule has 1 aliphatic carbocycles. The molecule has 4 nitrogen and oxygen atoms in total. The van der Waals surface area contributed by atoms with Crippen molar-refractivity contribution in [1.29, 1.82) is 0 Å². The third-order valence-corrected chi connectivity index (χ3v) is 3.62. The number of pyridine rings is 1. The molecular formula is C15H22N4. The molecule has 0 radical (unpaired) electrons. The second kappa shape index (κ2) is 4.85. The van der Waals surface area contributed by atoms with Gasteiger partial charge in [-0.05, 0) is 30.9 Å². The first-order valence-corrected chi connectivity index (χ1v) is 7.13. The number of aromatic nitrogens is 2. The molecule has 1 saturated carbocycles. The topological polar surface area (TPSA) is 46.6 Å². The van der Waals surface area contributed by atoms with Gasteiger partial charge in [0.05, 0.1) is 5.69 Å². The quantitative estimate of drug-likeness (QED) is 0.896. The Morgan fingerprint density at radius 1 is 1.42 bits per heavy atom. The molecular weight excluding hydrogens is 236 g/mol. The number of rotatable bonds is 5. The Morgan fingerprint density at radius 3 is 2.84 bits per heavy atom. The molecule has 0 spiro atoms. The van der Waals surface area contributed by atoms with Gasteiger partial charge in [-0.1, -0.05) is 19.9 Å². The maximum Gasteiger partial charge on any atom is 0.152 e. The molecule has 0 aromatic carbocycles. The van der Waals surface area contributed by atoms with E-state index >= 15 is 0 Å². The van der Waals surface area contributed by atoms with Crippen molar-refractivity contribution in [3.8, 4) is 0 Å². The average molecular weight is 258 g/mol. The van der Waals surface area contributed by atoms with Crippen molar-refractivity contribution in [2.24, 2.45) is 11.7 Å². The van der Waals surface area contributed by atoms with Crippen LogP contribution in [0.4, 0.5) is 5.82 Å². The van der Waals surface area contributed by atoms with Crippen molar-refractivity contribution in [2.45, 2.75) is 39.3 Å². The van der Waals surface area contributed by atoms with E-state index in [0.29, 0.717) is 18.5 Å². The lowest BCUT2D eigenvalue weighted by molar-refractivity contribution is 0.601. The molecule has 102 valence electrons. The summed E-state index contributed by atoms with van der Waals surface area (Å²) >= 11 is 0. The SMILES string of the molecule is CC(C)CN(c1nc2ccccn2c1CN)C1CC1. The molecule has 0 amide bonds.